The van der Waals surface area contributed by atoms with Gasteiger partial charge in [0.2, 0.25) is 0 Å². The number of hydrogen-bond acceptors (Lipinski definition) is 5. The first kappa shape index (κ1) is 21.4. The van der Waals surface area contributed by atoms with Crippen molar-refractivity contribution < 1.29 is 19.8 Å². The second-order valence-corrected chi connectivity index (χ2v) is 8.33. The lowest BCUT2D eigenvalue weighted by Crippen LogP contribution is -2.68. The average Bonchev–Trinajstić information content (AvgIpc) is 2.49. The summed E-state index contributed by atoms with van der Waals surface area (Å²) >= 11 is 0. The maximum atomic E-state index is 12.1. The first-order valence-electron chi connectivity index (χ1n) is 9.49. The van der Waals surface area contributed by atoms with E-state index < -0.39 is 23.3 Å². The Kier molecular flexibility index (Phi) is 8.16. The molecule has 0 aliphatic carbocycles. The van der Waals surface area contributed by atoms with Gasteiger partial charge >= 0.3 is 5.97 Å². The third-order valence-electron chi connectivity index (χ3n) is 5.12. The summed E-state index contributed by atoms with van der Waals surface area (Å²) in [5.74, 6) is -0.284. The van der Waals surface area contributed by atoms with Crippen LogP contribution in [0.15, 0.2) is 0 Å². The summed E-state index contributed by atoms with van der Waals surface area (Å²) in [4.78, 5) is 12.1. The van der Waals surface area contributed by atoms with Gasteiger partial charge < -0.3 is 15.1 Å². The number of carbonyl (C=O) groups is 1. The normalized spacial score (nSPS) is 26.3. The minimum atomic E-state index is -0.822. The number of hydroxylamine groups is 2. The topological polar surface area (TPSA) is 70.0 Å². The van der Waals surface area contributed by atoms with Crippen LogP contribution in [0.4, 0.5) is 0 Å². The number of aliphatic hydroxyl groups excluding tert-OH is 1. The molecule has 0 aromatic carbocycles. The monoisotopic (exact) mass is 343 g/mol. The van der Waals surface area contributed by atoms with Crippen molar-refractivity contribution >= 4 is 5.97 Å². The zero-order valence-corrected chi connectivity index (χ0v) is 16.2. The van der Waals surface area contributed by atoms with E-state index in [1.54, 1.807) is 13.8 Å². The fraction of sp³-hybridized carbons (Fsp3) is 0.947. The molecule has 0 bridgehead atoms. The first-order chi connectivity index (χ1) is 11.1. The third kappa shape index (κ3) is 5.71. The van der Waals surface area contributed by atoms with E-state index in [0.717, 1.165) is 19.3 Å². The van der Waals surface area contributed by atoms with Crippen molar-refractivity contribution in [3.05, 3.63) is 0 Å². The molecule has 2 unspecified atom stereocenters. The van der Waals surface area contributed by atoms with Gasteiger partial charge in [0.15, 0.2) is 0 Å². The molecule has 0 saturated carbocycles. The van der Waals surface area contributed by atoms with E-state index in [4.69, 9.17) is 4.74 Å². The lowest BCUT2D eigenvalue weighted by Gasteiger charge is -2.53. The van der Waals surface area contributed by atoms with Gasteiger partial charge in [0.1, 0.15) is 6.10 Å². The number of unbranched alkanes of at least 4 members (excludes halogenated alkanes) is 6. The predicted molar refractivity (Wildman–Crippen MR) is 94.9 cm³/mol. The highest BCUT2D eigenvalue weighted by atomic mass is 16.6. The van der Waals surface area contributed by atoms with E-state index in [2.05, 4.69) is 6.92 Å². The number of carbonyl (C=O) groups excluding carboxylic acids is 1. The van der Waals surface area contributed by atoms with Gasteiger partial charge in [-0.1, -0.05) is 45.4 Å². The molecule has 5 nitrogen and oxygen atoms in total. The van der Waals surface area contributed by atoms with E-state index in [-0.39, 0.29) is 5.97 Å². The van der Waals surface area contributed by atoms with Crippen molar-refractivity contribution in [3.63, 3.8) is 0 Å². The molecule has 2 atom stereocenters. The van der Waals surface area contributed by atoms with Gasteiger partial charge in [0.25, 0.3) is 0 Å². The molecule has 0 amide bonds. The van der Waals surface area contributed by atoms with Crippen LogP contribution < -0.4 is 0 Å². The molecule has 1 heterocycles. The number of aliphatic hydroxyl groups is 1. The maximum absolute atomic E-state index is 12.1. The lowest BCUT2D eigenvalue weighted by atomic mass is 9.78. The SMILES string of the molecule is CCCCCCCCCC(=O)OC1C(O)CC(C)(C)N(O)C1(C)C. The fourth-order valence-corrected chi connectivity index (χ4v) is 3.73. The number of piperidine rings is 1. The summed E-state index contributed by atoms with van der Waals surface area (Å²) < 4.78 is 5.54. The Morgan fingerprint density at radius 2 is 1.62 bits per heavy atom. The summed E-state index contributed by atoms with van der Waals surface area (Å²) in [6.07, 6.45) is 7.29. The second-order valence-electron chi connectivity index (χ2n) is 8.33. The number of ether oxygens (including phenoxy) is 1. The third-order valence-corrected chi connectivity index (χ3v) is 5.12. The number of rotatable bonds is 9. The molecule has 5 heteroatoms. The van der Waals surface area contributed by atoms with Crippen LogP contribution in [0.25, 0.3) is 0 Å². The van der Waals surface area contributed by atoms with Crippen LogP contribution in [0, 0.1) is 0 Å². The largest absolute Gasteiger partial charge is 0.458 e. The number of hydrogen-bond donors (Lipinski definition) is 2. The van der Waals surface area contributed by atoms with E-state index in [1.807, 2.05) is 13.8 Å². The quantitative estimate of drug-likeness (QED) is 0.488. The van der Waals surface area contributed by atoms with Gasteiger partial charge in [0, 0.05) is 12.0 Å². The Hall–Kier alpha value is -0.650. The van der Waals surface area contributed by atoms with E-state index >= 15 is 0 Å². The smallest absolute Gasteiger partial charge is 0.306 e. The zero-order chi connectivity index (χ0) is 18.4. The molecular weight excluding hydrogens is 306 g/mol. The van der Waals surface area contributed by atoms with Gasteiger partial charge in [-0.15, -0.1) is 0 Å². The van der Waals surface area contributed by atoms with Gasteiger partial charge in [-0.25, -0.2) is 0 Å². The van der Waals surface area contributed by atoms with Crippen molar-refractivity contribution in [1.82, 2.24) is 5.06 Å². The number of esters is 1. The standard InChI is InChI=1S/C19H37NO4/c1-6-7-8-9-10-11-12-13-16(22)24-17-15(21)14-18(2,3)20(23)19(17,4)5/h15,17,21,23H,6-14H2,1-5H3. The minimum Gasteiger partial charge on any atom is -0.458 e. The highest BCUT2D eigenvalue weighted by Crippen LogP contribution is 2.38. The van der Waals surface area contributed by atoms with Gasteiger partial charge in [-0.05, 0) is 40.5 Å². The Labute approximate surface area is 147 Å². The van der Waals surface area contributed by atoms with Crippen molar-refractivity contribution in [2.24, 2.45) is 0 Å². The second kappa shape index (κ2) is 9.16. The van der Waals surface area contributed by atoms with Crippen LogP contribution in [-0.2, 0) is 9.53 Å². The van der Waals surface area contributed by atoms with Crippen LogP contribution in [0.1, 0.15) is 92.4 Å². The van der Waals surface area contributed by atoms with Gasteiger partial charge in [0.05, 0.1) is 11.6 Å². The summed E-state index contributed by atoms with van der Waals surface area (Å²) in [5.41, 5.74) is -1.37. The minimum absolute atomic E-state index is 0.284. The lowest BCUT2D eigenvalue weighted by molar-refractivity contribution is -0.293. The van der Waals surface area contributed by atoms with Crippen LogP contribution in [-0.4, -0.2) is 44.6 Å². The molecule has 1 aliphatic rings. The summed E-state index contributed by atoms with van der Waals surface area (Å²) in [5, 5.41) is 22.0. The van der Waals surface area contributed by atoms with Gasteiger partial charge in [-0.2, -0.15) is 5.06 Å². The van der Waals surface area contributed by atoms with Crippen molar-refractivity contribution in [2.45, 2.75) is 116 Å². The van der Waals surface area contributed by atoms with Gasteiger partial charge in [-0.3, -0.25) is 4.79 Å². The highest BCUT2D eigenvalue weighted by molar-refractivity contribution is 5.69. The van der Waals surface area contributed by atoms with Crippen LogP contribution in [0.5, 0.6) is 0 Å². The average molecular weight is 344 g/mol. The molecule has 1 saturated heterocycles. The molecular formula is C19H37NO4. The molecule has 24 heavy (non-hydrogen) atoms. The Morgan fingerprint density at radius 1 is 1.08 bits per heavy atom. The van der Waals surface area contributed by atoms with Crippen LogP contribution >= 0.6 is 0 Å². The number of nitrogens with zero attached hydrogens (tertiary/aromatic N) is 1. The molecule has 1 aliphatic heterocycles. The fourth-order valence-electron chi connectivity index (χ4n) is 3.73. The highest BCUT2D eigenvalue weighted by Gasteiger charge is 2.53. The molecule has 2 N–H and O–H groups in total. The Morgan fingerprint density at radius 3 is 2.21 bits per heavy atom. The molecule has 0 aromatic rings. The van der Waals surface area contributed by atoms with Crippen molar-refractivity contribution in [3.8, 4) is 0 Å². The van der Waals surface area contributed by atoms with E-state index in [9.17, 15) is 15.1 Å². The molecule has 142 valence electrons. The zero-order valence-electron chi connectivity index (χ0n) is 16.2. The molecule has 0 radical (unpaired) electrons. The van der Waals surface area contributed by atoms with Crippen LogP contribution in [0.3, 0.4) is 0 Å². The molecule has 0 spiro atoms. The van der Waals surface area contributed by atoms with Crippen molar-refractivity contribution in [2.75, 3.05) is 0 Å². The summed E-state index contributed by atoms with van der Waals surface area (Å²) in [6, 6.07) is 0. The molecule has 1 rings (SSSR count). The first-order valence-corrected chi connectivity index (χ1v) is 9.49. The summed E-state index contributed by atoms with van der Waals surface area (Å²) in [6.45, 7) is 9.53. The predicted octanol–water partition coefficient (Wildman–Crippen LogP) is 4.05. The van der Waals surface area contributed by atoms with Crippen LogP contribution in [0.2, 0.25) is 0 Å². The molecule has 1 fully saturated rings. The van der Waals surface area contributed by atoms with E-state index in [0.29, 0.717) is 12.8 Å². The maximum Gasteiger partial charge on any atom is 0.306 e. The Balaban J connectivity index is 2.40. The van der Waals surface area contributed by atoms with E-state index in [1.165, 1.54) is 30.7 Å². The molecule has 0 aromatic heterocycles. The van der Waals surface area contributed by atoms with Crippen molar-refractivity contribution in [1.29, 1.82) is 0 Å². The summed E-state index contributed by atoms with van der Waals surface area (Å²) in [7, 11) is 0. The Bertz CT molecular complexity index is 395.